The first-order valence-corrected chi connectivity index (χ1v) is 7.01. The van der Waals surface area contributed by atoms with E-state index in [2.05, 4.69) is 20.4 Å². The van der Waals surface area contributed by atoms with Crippen molar-refractivity contribution in [1.29, 1.82) is 0 Å². The lowest BCUT2D eigenvalue weighted by Crippen LogP contribution is -2.15. The molecule has 0 atom stereocenters. The fraction of sp³-hybridized carbons (Fsp3) is 0.286. The molecule has 0 aliphatic heterocycles. The number of hydrogen-bond acceptors (Lipinski definition) is 6. The van der Waals surface area contributed by atoms with E-state index < -0.39 is 0 Å². The molecule has 0 bridgehead atoms. The molecule has 3 aromatic rings. The lowest BCUT2D eigenvalue weighted by molar-refractivity contribution is -0.117. The second-order valence-electron chi connectivity index (χ2n) is 5.39. The van der Waals surface area contributed by atoms with Crippen molar-refractivity contribution in [2.45, 2.75) is 19.8 Å². The van der Waals surface area contributed by atoms with Crippen LogP contribution in [-0.2, 0) is 4.79 Å². The number of anilines is 2. The van der Waals surface area contributed by atoms with Crippen LogP contribution in [0.5, 0.6) is 0 Å². The third kappa shape index (κ3) is 2.18. The van der Waals surface area contributed by atoms with Crippen LogP contribution in [0.2, 0.25) is 0 Å². The molecule has 8 nitrogen and oxygen atoms in total. The summed E-state index contributed by atoms with van der Waals surface area (Å²) in [5, 5.41) is 6.89. The van der Waals surface area contributed by atoms with Gasteiger partial charge >= 0.3 is 0 Å². The molecule has 1 fully saturated rings. The van der Waals surface area contributed by atoms with Crippen LogP contribution in [0.25, 0.3) is 17.1 Å². The molecule has 0 unspecified atom stereocenters. The van der Waals surface area contributed by atoms with Gasteiger partial charge in [-0.2, -0.15) is 4.98 Å². The number of carbonyl (C=O) groups is 1. The van der Waals surface area contributed by atoms with Gasteiger partial charge in [-0.3, -0.25) is 4.79 Å². The Kier molecular flexibility index (Phi) is 2.65. The maximum atomic E-state index is 11.9. The normalized spacial score (nSPS) is 14.4. The third-order valence-electron chi connectivity index (χ3n) is 3.51. The number of aromatic nitrogens is 4. The van der Waals surface area contributed by atoms with Crippen LogP contribution in [0.1, 0.15) is 18.6 Å². The summed E-state index contributed by atoms with van der Waals surface area (Å²) < 4.78 is 7.11. The quantitative estimate of drug-likeness (QED) is 0.760. The van der Waals surface area contributed by atoms with Crippen LogP contribution in [0.3, 0.4) is 0 Å². The highest BCUT2D eigenvalue weighted by molar-refractivity contribution is 5.93. The monoisotopic (exact) mass is 298 g/mol. The van der Waals surface area contributed by atoms with Crippen molar-refractivity contribution in [1.82, 2.24) is 19.6 Å². The molecule has 4 rings (SSSR count). The lowest BCUT2D eigenvalue weighted by atomic mass is 10.3. The number of rotatable bonds is 3. The van der Waals surface area contributed by atoms with E-state index in [9.17, 15) is 4.79 Å². The molecule has 1 saturated carbocycles. The molecule has 0 spiro atoms. The summed E-state index contributed by atoms with van der Waals surface area (Å²) >= 11 is 0. The highest BCUT2D eigenvalue weighted by Crippen LogP contribution is 2.31. The minimum Gasteiger partial charge on any atom is -0.460 e. The first-order chi connectivity index (χ1) is 10.6. The average molecular weight is 298 g/mol. The maximum absolute atomic E-state index is 11.9. The van der Waals surface area contributed by atoms with Gasteiger partial charge < -0.3 is 15.5 Å². The van der Waals surface area contributed by atoms with E-state index in [0.29, 0.717) is 22.9 Å². The molecule has 0 radical (unpaired) electrons. The molecule has 0 saturated heterocycles. The van der Waals surface area contributed by atoms with Gasteiger partial charge in [-0.1, -0.05) is 0 Å². The summed E-state index contributed by atoms with van der Waals surface area (Å²) in [5.74, 6) is 1.91. The highest BCUT2D eigenvalue weighted by Gasteiger charge is 2.30. The number of carbonyl (C=O) groups excluding carboxylic acids is 1. The van der Waals surface area contributed by atoms with Crippen molar-refractivity contribution in [3.05, 3.63) is 24.1 Å². The van der Waals surface area contributed by atoms with E-state index in [1.54, 1.807) is 12.3 Å². The van der Waals surface area contributed by atoms with Gasteiger partial charge in [0.2, 0.25) is 11.9 Å². The highest BCUT2D eigenvalue weighted by atomic mass is 16.3. The fourth-order valence-electron chi connectivity index (χ4n) is 2.27. The molecule has 22 heavy (non-hydrogen) atoms. The molecule has 112 valence electrons. The summed E-state index contributed by atoms with van der Waals surface area (Å²) in [6.45, 7) is 1.84. The van der Waals surface area contributed by atoms with Crippen molar-refractivity contribution < 1.29 is 9.21 Å². The van der Waals surface area contributed by atoms with Crippen LogP contribution in [-0.4, -0.2) is 25.5 Å². The summed E-state index contributed by atoms with van der Waals surface area (Å²) in [5.41, 5.74) is 6.64. The SMILES string of the molecule is Cc1ccc(-c2nc(NC(=O)C3CC3)cn3nc(N)nc23)o1. The van der Waals surface area contributed by atoms with Gasteiger partial charge in [0.05, 0.1) is 6.20 Å². The summed E-state index contributed by atoms with van der Waals surface area (Å²) in [6, 6.07) is 3.64. The number of fused-ring (bicyclic) bond motifs is 1. The van der Waals surface area contributed by atoms with E-state index in [1.807, 2.05) is 13.0 Å². The third-order valence-corrected chi connectivity index (χ3v) is 3.51. The fourth-order valence-corrected chi connectivity index (χ4v) is 2.27. The Bertz CT molecular complexity index is 877. The molecule has 1 amide bonds. The first-order valence-electron chi connectivity index (χ1n) is 7.01. The summed E-state index contributed by atoms with van der Waals surface area (Å²) in [7, 11) is 0. The number of furan rings is 1. The van der Waals surface area contributed by atoms with Gasteiger partial charge in [-0.05, 0) is 31.9 Å². The number of nitrogen functional groups attached to an aromatic ring is 1. The Morgan fingerprint density at radius 3 is 2.91 bits per heavy atom. The van der Waals surface area contributed by atoms with Crippen LogP contribution >= 0.6 is 0 Å². The zero-order valence-corrected chi connectivity index (χ0v) is 11.9. The van der Waals surface area contributed by atoms with Gasteiger partial charge in [0.15, 0.2) is 22.9 Å². The Labute approximate surface area is 125 Å². The van der Waals surface area contributed by atoms with E-state index in [-0.39, 0.29) is 17.8 Å². The topological polar surface area (TPSA) is 111 Å². The van der Waals surface area contributed by atoms with Crippen LogP contribution in [0.15, 0.2) is 22.7 Å². The zero-order valence-electron chi connectivity index (χ0n) is 11.9. The predicted molar refractivity (Wildman–Crippen MR) is 79.0 cm³/mol. The van der Waals surface area contributed by atoms with Gasteiger partial charge in [0.25, 0.3) is 0 Å². The number of nitrogens with zero attached hydrogens (tertiary/aromatic N) is 4. The van der Waals surface area contributed by atoms with E-state index in [4.69, 9.17) is 10.2 Å². The zero-order chi connectivity index (χ0) is 15.3. The maximum Gasteiger partial charge on any atom is 0.240 e. The Morgan fingerprint density at radius 2 is 2.23 bits per heavy atom. The molecule has 3 N–H and O–H groups in total. The van der Waals surface area contributed by atoms with Crippen molar-refractivity contribution in [3.63, 3.8) is 0 Å². The molecule has 8 heteroatoms. The van der Waals surface area contributed by atoms with E-state index in [0.717, 1.165) is 18.6 Å². The van der Waals surface area contributed by atoms with Crippen molar-refractivity contribution in [3.8, 4) is 11.5 Å². The summed E-state index contributed by atoms with van der Waals surface area (Å²) in [6.07, 6.45) is 3.45. The Hall–Kier alpha value is -2.90. The molecule has 3 heterocycles. The predicted octanol–water partition coefficient (Wildman–Crippen LogP) is 1.62. The van der Waals surface area contributed by atoms with Crippen molar-refractivity contribution in [2.75, 3.05) is 11.1 Å². The Balaban J connectivity index is 1.83. The van der Waals surface area contributed by atoms with Crippen LogP contribution < -0.4 is 11.1 Å². The molecular formula is C14H14N6O2. The largest absolute Gasteiger partial charge is 0.460 e. The molecule has 0 aromatic carbocycles. The number of aryl methyl sites for hydroxylation is 1. The van der Waals surface area contributed by atoms with Gasteiger partial charge in [-0.25, -0.2) is 9.50 Å². The van der Waals surface area contributed by atoms with Gasteiger partial charge in [0, 0.05) is 5.92 Å². The minimum absolute atomic E-state index is 0.0264. The lowest BCUT2D eigenvalue weighted by Gasteiger charge is -2.06. The second-order valence-corrected chi connectivity index (χ2v) is 5.39. The molecule has 1 aliphatic carbocycles. The molecule has 3 aromatic heterocycles. The van der Waals surface area contributed by atoms with Crippen molar-refractivity contribution >= 4 is 23.3 Å². The number of nitrogens with two attached hydrogens (primary N) is 1. The van der Waals surface area contributed by atoms with Crippen LogP contribution in [0, 0.1) is 12.8 Å². The standard InChI is InChI=1S/C14H14N6O2/c1-7-2-5-9(22-7)11-12-18-14(15)19-20(12)6-10(16-11)17-13(21)8-3-4-8/h2,5-6,8H,3-4H2,1H3,(H2,15,19)(H,17,21). The molecular weight excluding hydrogens is 284 g/mol. The number of hydrogen-bond donors (Lipinski definition) is 2. The van der Waals surface area contributed by atoms with E-state index >= 15 is 0 Å². The summed E-state index contributed by atoms with van der Waals surface area (Å²) in [4.78, 5) is 20.5. The smallest absolute Gasteiger partial charge is 0.240 e. The average Bonchev–Trinajstić information content (AvgIpc) is 3.13. The number of nitrogens with one attached hydrogen (secondary N) is 1. The second kappa shape index (κ2) is 4.55. The van der Waals surface area contributed by atoms with Gasteiger partial charge in [-0.15, -0.1) is 5.10 Å². The van der Waals surface area contributed by atoms with Crippen molar-refractivity contribution in [2.24, 2.45) is 5.92 Å². The molecule has 1 aliphatic rings. The number of amides is 1. The van der Waals surface area contributed by atoms with Gasteiger partial charge in [0.1, 0.15) is 5.76 Å². The van der Waals surface area contributed by atoms with E-state index in [1.165, 1.54) is 4.52 Å². The first kappa shape index (κ1) is 12.8. The minimum atomic E-state index is -0.0264. The Morgan fingerprint density at radius 1 is 1.41 bits per heavy atom. The van der Waals surface area contributed by atoms with Crippen LogP contribution in [0.4, 0.5) is 11.8 Å².